The number of aromatic hydroxyl groups is 1. The van der Waals surface area contributed by atoms with Crippen LogP contribution in [0.3, 0.4) is 0 Å². The van der Waals surface area contributed by atoms with Crippen molar-refractivity contribution in [1.29, 1.82) is 0 Å². The Morgan fingerprint density at radius 2 is 1.89 bits per heavy atom. The number of carbonyl (C=O) groups is 2. The van der Waals surface area contributed by atoms with Crippen LogP contribution < -0.4 is 5.73 Å². The van der Waals surface area contributed by atoms with Crippen molar-refractivity contribution in [3.63, 3.8) is 0 Å². The van der Waals surface area contributed by atoms with Crippen LogP contribution in [0.1, 0.15) is 12.5 Å². The molecule has 1 rings (SSSR count). The lowest BCUT2D eigenvalue weighted by molar-refractivity contribution is -0.144. The molecule has 0 radical (unpaired) electrons. The molecule has 1 amide bonds. The average molecular weight is 266 g/mol. The van der Waals surface area contributed by atoms with Crippen molar-refractivity contribution in [2.24, 2.45) is 5.73 Å². The Bertz CT molecular complexity index is 444. The molecule has 4 N–H and O–H groups in total. The van der Waals surface area contributed by atoms with Crippen LogP contribution in [0.2, 0.25) is 0 Å². The first kappa shape index (κ1) is 15.0. The molecule has 0 unspecified atom stereocenters. The molecule has 1 aromatic carbocycles. The highest BCUT2D eigenvalue weighted by molar-refractivity contribution is 5.85. The Balaban J connectivity index is 2.65. The lowest BCUT2D eigenvalue weighted by Crippen LogP contribution is -2.46. The summed E-state index contributed by atoms with van der Waals surface area (Å²) in [5, 5.41) is 17.9. The number of nitrogens with zero attached hydrogens (tertiary/aromatic N) is 1. The molecule has 104 valence electrons. The van der Waals surface area contributed by atoms with Crippen molar-refractivity contribution in [3.05, 3.63) is 29.8 Å². The smallest absolute Gasteiger partial charge is 0.323 e. The van der Waals surface area contributed by atoms with Crippen LogP contribution in [0.15, 0.2) is 24.3 Å². The quantitative estimate of drug-likeness (QED) is 0.682. The van der Waals surface area contributed by atoms with Crippen molar-refractivity contribution in [1.82, 2.24) is 4.90 Å². The number of phenols is 1. The van der Waals surface area contributed by atoms with E-state index in [1.165, 1.54) is 17.0 Å². The van der Waals surface area contributed by atoms with Gasteiger partial charge in [-0.25, -0.2) is 0 Å². The van der Waals surface area contributed by atoms with Crippen molar-refractivity contribution in [2.45, 2.75) is 19.4 Å². The third-order valence-corrected chi connectivity index (χ3v) is 2.73. The van der Waals surface area contributed by atoms with E-state index in [4.69, 9.17) is 15.9 Å². The molecule has 1 atom stereocenters. The zero-order valence-electron chi connectivity index (χ0n) is 10.7. The highest BCUT2D eigenvalue weighted by atomic mass is 16.4. The minimum Gasteiger partial charge on any atom is -0.508 e. The number of nitrogens with two attached hydrogens (primary N) is 1. The van der Waals surface area contributed by atoms with Gasteiger partial charge < -0.3 is 20.8 Å². The van der Waals surface area contributed by atoms with Crippen LogP contribution in [-0.2, 0) is 16.0 Å². The monoisotopic (exact) mass is 266 g/mol. The Hall–Kier alpha value is -2.08. The molecule has 0 heterocycles. The molecular weight excluding hydrogens is 248 g/mol. The molecule has 0 saturated carbocycles. The number of phenolic OH excluding ortho intramolecular Hbond substituents is 1. The predicted octanol–water partition coefficient (Wildman–Crippen LogP) is 0.195. The predicted molar refractivity (Wildman–Crippen MR) is 69.7 cm³/mol. The summed E-state index contributed by atoms with van der Waals surface area (Å²) in [6, 6.07) is 5.60. The van der Waals surface area contributed by atoms with Gasteiger partial charge in [-0.2, -0.15) is 0 Å². The molecular formula is C13H18N2O4. The van der Waals surface area contributed by atoms with Crippen LogP contribution in [0, 0.1) is 0 Å². The number of carbonyl (C=O) groups excluding carboxylic acids is 1. The fourth-order valence-corrected chi connectivity index (χ4v) is 1.72. The fraction of sp³-hybridized carbons (Fsp3) is 0.385. The van der Waals surface area contributed by atoms with Crippen LogP contribution in [-0.4, -0.2) is 46.1 Å². The maximum absolute atomic E-state index is 12.0. The molecule has 0 aliphatic carbocycles. The normalized spacial score (nSPS) is 11.9. The standard InChI is InChI=1S/C13H18N2O4/c1-2-15(8-12(17)18)13(19)11(14)7-9-3-5-10(16)6-4-9/h3-6,11,16H,2,7-8,14H2,1H3,(H,17,18)/t11-/m0/s1. The van der Waals surface area contributed by atoms with E-state index in [1.54, 1.807) is 19.1 Å². The first-order valence-electron chi connectivity index (χ1n) is 5.98. The molecule has 0 aromatic heterocycles. The highest BCUT2D eigenvalue weighted by Gasteiger charge is 2.21. The number of carboxylic acids is 1. The largest absolute Gasteiger partial charge is 0.508 e. The molecule has 0 fully saturated rings. The maximum Gasteiger partial charge on any atom is 0.323 e. The highest BCUT2D eigenvalue weighted by Crippen LogP contribution is 2.11. The summed E-state index contributed by atoms with van der Waals surface area (Å²) < 4.78 is 0. The van der Waals surface area contributed by atoms with Crippen LogP contribution in [0.5, 0.6) is 5.75 Å². The third kappa shape index (κ3) is 4.59. The second-order valence-corrected chi connectivity index (χ2v) is 4.22. The van der Waals surface area contributed by atoms with E-state index in [2.05, 4.69) is 0 Å². The molecule has 0 saturated heterocycles. The molecule has 6 heteroatoms. The molecule has 0 aliphatic heterocycles. The van der Waals surface area contributed by atoms with E-state index < -0.39 is 17.9 Å². The molecule has 19 heavy (non-hydrogen) atoms. The lowest BCUT2D eigenvalue weighted by Gasteiger charge is -2.22. The van der Waals surface area contributed by atoms with Gasteiger partial charge in [0.05, 0.1) is 6.04 Å². The number of carboxylic acid groups (broad SMARTS) is 1. The molecule has 6 nitrogen and oxygen atoms in total. The average Bonchev–Trinajstić information content (AvgIpc) is 2.37. The summed E-state index contributed by atoms with van der Waals surface area (Å²) in [5.74, 6) is -1.31. The summed E-state index contributed by atoms with van der Waals surface area (Å²) in [6.07, 6.45) is 0.301. The number of benzene rings is 1. The van der Waals surface area contributed by atoms with Crippen molar-refractivity contribution >= 4 is 11.9 Å². The first-order chi connectivity index (χ1) is 8.93. The van der Waals surface area contributed by atoms with Crippen LogP contribution in [0.4, 0.5) is 0 Å². The number of hydrogen-bond donors (Lipinski definition) is 3. The van der Waals surface area contributed by atoms with Gasteiger partial charge in [-0.05, 0) is 31.0 Å². The van der Waals surface area contributed by atoms with E-state index in [0.29, 0.717) is 13.0 Å². The minimum absolute atomic E-state index is 0.143. The molecule has 0 bridgehead atoms. The molecule has 0 aliphatic rings. The number of aliphatic carboxylic acids is 1. The summed E-state index contributed by atoms with van der Waals surface area (Å²) in [7, 11) is 0. The van der Waals surface area contributed by atoms with Crippen LogP contribution >= 0.6 is 0 Å². The third-order valence-electron chi connectivity index (χ3n) is 2.73. The van der Waals surface area contributed by atoms with Gasteiger partial charge in [0.15, 0.2) is 0 Å². The van der Waals surface area contributed by atoms with Gasteiger partial charge in [0, 0.05) is 6.54 Å². The number of rotatable bonds is 6. The van der Waals surface area contributed by atoms with E-state index in [-0.39, 0.29) is 12.3 Å². The fourth-order valence-electron chi connectivity index (χ4n) is 1.72. The Kier molecular flexibility index (Phi) is 5.32. The Morgan fingerprint density at radius 3 is 2.37 bits per heavy atom. The number of hydrogen-bond acceptors (Lipinski definition) is 4. The SMILES string of the molecule is CCN(CC(=O)O)C(=O)[C@@H](N)Cc1ccc(O)cc1. The Morgan fingerprint density at radius 1 is 1.32 bits per heavy atom. The van der Waals surface area contributed by atoms with Gasteiger partial charge >= 0.3 is 5.97 Å². The van der Waals surface area contributed by atoms with Gasteiger partial charge in [-0.15, -0.1) is 0 Å². The lowest BCUT2D eigenvalue weighted by atomic mass is 10.1. The van der Waals surface area contributed by atoms with Crippen molar-refractivity contribution < 1.29 is 19.8 Å². The zero-order valence-corrected chi connectivity index (χ0v) is 10.7. The minimum atomic E-state index is -1.06. The van der Waals surface area contributed by atoms with E-state index in [9.17, 15) is 9.59 Å². The second kappa shape index (κ2) is 6.75. The molecule has 1 aromatic rings. The summed E-state index contributed by atoms with van der Waals surface area (Å²) in [5.41, 5.74) is 6.60. The molecule has 0 spiro atoms. The van der Waals surface area contributed by atoms with E-state index >= 15 is 0 Å². The van der Waals surface area contributed by atoms with Gasteiger partial charge in [0.25, 0.3) is 0 Å². The van der Waals surface area contributed by atoms with E-state index in [1.807, 2.05) is 0 Å². The summed E-state index contributed by atoms with van der Waals surface area (Å²) in [4.78, 5) is 23.8. The van der Waals surface area contributed by atoms with Crippen molar-refractivity contribution in [3.8, 4) is 5.75 Å². The zero-order chi connectivity index (χ0) is 14.4. The first-order valence-corrected chi connectivity index (χ1v) is 5.98. The van der Waals surface area contributed by atoms with Gasteiger partial charge in [0.2, 0.25) is 5.91 Å². The van der Waals surface area contributed by atoms with Crippen LogP contribution in [0.25, 0.3) is 0 Å². The van der Waals surface area contributed by atoms with E-state index in [0.717, 1.165) is 5.56 Å². The number of likely N-dealkylation sites (N-methyl/N-ethyl adjacent to an activating group) is 1. The summed E-state index contributed by atoms with van der Waals surface area (Å²) in [6.45, 7) is 1.65. The van der Waals surface area contributed by atoms with Gasteiger partial charge in [0.1, 0.15) is 12.3 Å². The topological polar surface area (TPSA) is 104 Å². The summed E-state index contributed by atoms with van der Waals surface area (Å²) >= 11 is 0. The second-order valence-electron chi connectivity index (χ2n) is 4.22. The number of amides is 1. The van der Waals surface area contributed by atoms with Crippen molar-refractivity contribution in [2.75, 3.05) is 13.1 Å². The Labute approximate surface area is 111 Å². The van der Waals surface area contributed by atoms with Gasteiger partial charge in [-0.3, -0.25) is 9.59 Å². The maximum atomic E-state index is 12.0. The van der Waals surface area contributed by atoms with Gasteiger partial charge in [-0.1, -0.05) is 12.1 Å².